The van der Waals surface area contributed by atoms with Crippen LogP contribution in [-0.2, 0) is 29.2 Å². The molecule has 2 aromatic rings. The normalized spacial score (nSPS) is 34.2. The molecule has 2 atom stereocenters. The van der Waals surface area contributed by atoms with Gasteiger partial charge in [-0.25, -0.2) is 0 Å². The first-order chi connectivity index (χ1) is 14.5. The van der Waals surface area contributed by atoms with Gasteiger partial charge in [0.15, 0.2) is 0 Å². The second-order valence-corrected chi connectivity index (χ2v) is 10.6. The van der Waals surface area contributed by atoms with Crippen molar-refractivity contribution in [1.82, 2.24) is 0 Å². The summed E-state index contributed by atoms with van der Waals surface area (Å²) < 4.78 is 0. The number of aryl methyl sites for hydroxylation is 1. The topological polar surface area (TPSA) is 58.5 Å². The van der Waals surface area contributed by atoms with Crippen molar-refractivity contribution in [3.05, 3.63) is 64.2 Å². The van der Waals surface area contributed by atoms with Gasteiger partial charge in [-0.2, -0.15) is 0 Å². The molecule has 2 unspecified atom stereocenters. The van der Waals surface area contributed by atoms with Crippen LogP contribution >= 0.6 is 0 Å². The smallest absolute Gasteiger partial charge is 1.00 e. The van der Waals surface area contributed by atoms with Gasteiger partial charge in [-0.3, -0.25) is 4.99 Å². The molecule has 5 aliphatic carbocycles. The van der Waals surface area contributed by atoms with Crippen LogP contribution in [0.1, 0.15) is 72.4 Å². The van der Waals surface area contributed by atoms with E-state index in [-0.39, 0.29) is 39.3 Å². The Hall–Kier alpha value is -1.67. The van der Waals surface area contributed by atoms with Gasteiger partial charge in [-0.05, 0) is 97.3 Å². The maximum atomic E-state index is 13.6. The van der Waals surface area contributed by atoms with Crippen molar-refractivity contribution < 1.29 is 32.3 Å². The molecule has 7 rings (SSSR count). The molecule has 0 amide bonds. The van der Waals surface area contributed by atoms with Crippen LogP contribution in [-0.4, -0.2) is 12.3 Å². The molecule has 4 saturated carbocycles. The van der Waals surface area contributed by atoms with E-state index in [2.05, 4.69) is 18.0 Å². The van der Waals surface area contributed by atoms with Gasteiger partial charge >= 0.3 is 17.4 Å². The van der Waals surface area contributed by atoms with Crippen molar-refractivity contribution >= 4 is 6.21 Å². The number of fused-ring (bicyclic) bond motifs is 1. The Kier molecular flexibility index (Phi) is 6.31. The third-order valence-corrected chi connectivity index (χ3v) is 8.39. The predicted molar refractivity (Wildman–Crippen MR) is 115 cm³/mol. The largest absolute Gasteiger partial charge is 3.00 e. The Balaban J connectivity index is 0.00000122. The van der Waals surface area contributed by atoms with Gasteiger partial charge in [-0.1, -0.05) is 53.8 Å². The van der Waals surface area contributed by atoms with Gasteiger partial charge in [0.05, 0.1) is 6.04 Å². The fraction of sp³-hybridized carbons (Fsp3) is 0.519. The summed E-state index contributed by atoms with van der Waals surface area (Å²) in [6.45, 7) is 2.09. The molecule has 5 heteroatoms. The van der Waals surface area contributed by atoms with Crippen molar-refractivity contribution in [1.29, 1.82) is 0 Å². The maximum Gasteiger partial charge on any atom is 3.00 e. The minimum absolute atomic E-state index is 0. The molecule has 4 fully saturated rings. The van der Waals surface area contributed by atoms with Crippen molar-refractivity contribution in [2.45, 2.75) is 69.4 Å². The number of rotatable bonds is 3. The van der Waals surface area contributed by atoms with Crippen LogP contribution in [0.5, 0.6) is 5.75 Å². The van der Waals surface area contributed by atoms with Gasteiger partial charge < -0.3 is 14.9 Å². The molecule has 0 aliphatic heterocycles. The number of hydrogen-bond acceptors (Lipinski definition) is 3. The third kappa shape index (κ3) is 3.73. The molecule has 3 nitrogen and oxygen atoms in total. The van der Waals surface area contributed by atoms with Crippen molar-refractivity contribution in [3.63, 3.8) is 0 Å². The summed E-state index contributed by atoms with van der Waals surface area (Å²) in [6.07, 6.45) is 9.15. The van der Waals surface area contributed by atoms with E-state index in [1.54, 1.807) is 6.21 Å². The average molecular weight is 471 g/mol. The molecule has 2 aromatic carbocycles. The maximum absolute atomic E-state index is 13.6. The Morgan fingerprint density at radius 3 is 2.28 bits per heavy atom. The molecular weight excluding hydrogens is 441 g/mol. The minimum Gasteiger partial charge on any atom is -1.00 e. The molecule has 0 aromatic heterocycles. The average Bonchev–Trinajstić information content (AvgIpc) is 3.02. The second-order valence-electron chi connectivity index (χ2n) is 10.6. The third-order valence-electron chi connectivity index (χ3n) is 8.39. The van der Waals surface area contributed by atoms with Gasteiger partial charge in [0.1, 0.15) is 0 Å². The first-order valence-corrected chi connectivity index (χ1v) is 11.6. The van der Waals surface area contributed by atoms with E-state index in [9.17, 15) is 10.2 Å². The summed E-state index contributed by atoms with van der Waals surface area (Å²) >= 11 is 0. The van der Waals surface area contributed by atoms with E-state index in [0.717, 1.165) is 40.0 Å². The minimum atomic E-state index is -0.763. The number of hydrogen-bond donors (Lipinski definition) is 0. The Bertz CT molecular complexity index is 1000. The number of halogens is 1. The fourth-order valence-corrected chi connectivity index (χ4v) is 7.61. The van der Waals surface area contributed by atoms with Crippen LogP contribution in [0.25, 0.3) is 0 Å². The van der Waals surface area contributed by atoms with E-state index in [4.69, 9.17) is 0 Å². The van der Waals surface area contributed by atoms with E-state index in [0.29, 0.717) is 12.0 Å². The van der Waals surface area contributed by atoms with Gasteiger partial charge in [0, 0.05) is 6.21 Å². The molecule has 4 bridgehead atoms. The fourth-order valence-electron chi connectivity index (χ4n) is 7.61. The summed E-state index contributed by atoms with van der Waals surface area (Å²) in [6, 6.07) is 11.7. The molecule has 0 N–H and O–H groups in total. The zero-order chi connectivity index (χ0) is 20.5. The molecule has 1 radical (unpaired) electrons. The van der Waals surface area contributed by atoms with Crippen LogP contribution in [0.15, 0.2) is 41.4 Å². The molecular formula is C27H29CrFNO2. The summed E-state index contributed by atoms with van der Waals surface area (Å²) in [7, 11) is 0. The molecule has 0 spiro atoms. The van der Waals surface area contributed by atoms with E-state index in [1.807, 2.05) is 30.3 Å². The molecule has 0 saturated heterocycles. The van der Waals surface area contributed by atoms with Gasteiger partial charge in [0.2, 0.25) is 0 Å². The van der Waals surface area contributed by atoms with Crippen molar-refractivity contribution in [3.8, 4) is 5.75 Å². The van der Waals surface area contributed by atoms with Crippen LogP contribution in [0.3, 0.4) is 0 Å². The Morgan fingerprint density at radius 2 is 1.62 bits per heavy atom. The van der Waals surface area contributed by atoms with Crippen LogP contribution in [0, 0.1) is 24.7 Å². The first kappa shape index (κ1) is 23.5. The SMILES string of the molecule is Cc1cc(C=NC2c3ccccc3CC2[O-])c([O-])c(C23CC4CC(CC(C4)C2)C3)c1.[Cr+3].[F-]. The van der Waals surface area contributed by atoms with Crippen LogP contribution in [0.4, 0.5) is 0 Å². The standard InChI is InChI=1S/C27H30NO2.Cr.FH/c1-16-6-21(15-28-25-22-5-3-2-4-20(22)11-24(25)29)26(30)23(7-16)27-12-17-8-18(13-27)10-19(9-17)14-27;;/h2-7,15,17-19,24-25,30H,8-14H2,1H3;;1H/q-1;+3;/p-2. The first-order valence-electron chi connectivity index (χ1n) is 11.6. The quantitative estimate of drug-likeness (QED) is 0.629. The predicted octanol–water partition coefficient (Wildman–Crippen LogP) is 0.983. The molecule has 32 heavy (non-hydrogen) atoms. The van der Waals surface area contributed by atoms with E-state index < -0.39 is 6.10 Å². The summed E-state index contributed by atoms with van der Waals surface area (Å²) in [5, 5.41) is 26.2. The number of aliphatic imine (C=N–C) groups is 1. The summed E-state index contributed by atoms with van der Waals surface area (Å²) in [5.41, 5.74) is 5.04. The van der Waals surface area contributed by atoms with Crippen LogP contribution < -0.4 is 14.9 Å². The van der Waals surface area contributed by atoms with Crippen molar-refractivity contribution in [2.24, 2.45) is 22.7 Å². The van der Waals surface area contributed by atoms with Gasteiger partial charge in [0.25, 0.3) is 0 Å². The Morgan fingerprint density at radius 1 is 1.00 bits per heavy atom. The molecule has 167 valence electrons. The Labute approximate surface area is 200 Å². The second kappa shape index (κ2) is 8.60. The van der Waals surface area contributed by atoms with Crippen LogP contribution in [0.2, 0.25) is 0 Å². The summed E-state index contributed by atoms with van der Waals surface area (Å²) in [5.74, 6) is 2.58. The zero-order valence-electron chi connectivity index (χ0n) is 18.4. The monoisotopic (exact) mass is 470 g/mol. The van der Waals surface area contributed by atoms with E-state index >= 15 is 0 Å². The zero-order valence-corrected chi connectivity index (χ0v) is 19.7. The molecule has 5 aliphatic rings. The summed E-state index contributed by atoms with van der Waals surface area (Å²) in [4.78, 5) is 4.67. The van der Waals surface area contributed by atoms with Crippen molar-refractivity contribution in [2.75, 3.05) is 0 Å². The number of benzene rings is 2. The number of nitrogens with zero attached hydrogens (tertiary/aromatic N) is 1. The van der Waals surface area contributed by atoms with E-state index in [1.165, 1.54) is 38.5 Å². The van der Waals surface area contributed by atoms with Gasteiger partial charge in [-0.15, -0.1) is 0 Å². The molecule has 0 heterocycles.